The van der Waals surface area contributed by atoms with Crippen LogP contribution in [0.4, 0.5) is 0 Å². The van der Waals surface area contributed by atoms with Crippen molar-refractivity contribution in [1.29, 1.82) is 0 Å². The second-order valence-electron chi connectivity index (χ2n) is 7.39. The lowest BCUT2D eigenvalue weighted by Crippen LogP contribution is -2.19. The molecule has 0 aliphatic rings. The lowest BCUT2D eigenvalue weighted by atomic mass is 10.0. The molecule has 0 bridgehead atoms. The molecule has 0 radical (unpaired) electrons. The zero-order chi connectivity index (χ0) is 21.3. The summed E-state index contributed by atoms with van der Waals surface area (Å²) in [5.41, 5.74) is 1.64. The molecule has 30 heavy (non-hydrogen) atoms. The zero-order valence-corrected chi connectivity index (χ0v) is 16.8. The fraction of sp³-hybridized carbons (Fsp3) is 0.174. The van der Waals surface area contributed by atoms with Gasteiger partial charge in [-0.1, -0.05) is 24.3 Å². The molecule has 0 aliphatic carbocycles. The smallest absolute Gasteiger partial charge is 0.259 e. The number of phenolic OH excluding ortho intramolecular Hbond substituents is 1. The van der Waals surface area contributed by atoms with Gasteiger partial charge in [-0.25, -0.2) is 4.98 Å². The summed E-state index contributed by atoms with van der Waals surface area (Å²) in [5, 5.41) is 10.6. The Morgan fingerprint density at radius 2 is 1.87 bits per heavy atom. The van der Waals surface area contributed by atoms with Crippen LogP contribution in [0.1, 0.15) is 15.9 Å². The molecule has 2 N–H and O–H groups in total. The summed E-state index contributed by atoms with van der Waals surface area (Å²) in [7, 11) is 3.93. The number of para-hydroxylation sites is 2. The summed E-state index contributed by atoms with van der Waals surface area (Å²) in [6.07, 6.45) is 1.74. The summed E-state index contributed by atoms with van der Waals surface area (Å²) in [6.45, 7) is 1.34. The number of carbonyl (C=O) groups excluding carboxylic acids is 1. The molecule has 0 atom stereocenters. The van der Waals surface area contributed by atoms with E-state index in [1.54, 1.807) is 48.7 Å². The molecule has 0 amide bonds. The molecule has 7 heteroatoms. The number of aromatic hydroxyl groups is 1. The number of benzene rings is 2. The van der Waals surface area contributed by atoms with Gasteiger partial charge in [-0.15, -0.1) is 0 Å². The number of H-pyrrole nitrogens is 1. The molecule has 4 rings (SSSR count). The number of ketones is 1. The predicted molar refractivity (Wildman–Crippen MR) is 116 cm³/mol. The van der Waals surface area contributed by atoms with Crippen LogP contribution >= 0.6 is 0 Å². The van der Waals surface area contributed by atoms with Crippen molar-refractivity contribution < 1.29 is 9.90 Å². The van der Waals surface area contributed by atoms with Crippen LogP contribution < -0.4 is 5.56 Å². The number of carbonyl (C=O) groups is 1. The van der Waals surface area contributed by atoms with Crippen LogP contribution in [-0.4, -0.2) is 51.0 Å². The van der Waals surface area contributed by atoms with Gasteiger partial charge in [0, 0.05) is 24.8 Å². The maximum absolute atomic E-state index is 13.0. The van der Waals surface area contributed by atoms with Crippen LogP contribution in [0.25, 0.3) is 22.4 Å². The van der Waals surface area contributed by atoms with Crippen LogP contribution in [0.2, 0.25) is 0 Å². The number of hydrogen-bond acceptors (Lipinski definition) is 5. The Morgan fingerprint density at radius 1 is 1.13 bits per heavy atom. The normalized spacial score (nSPS) is 11.3. The Hall–Kier alpha value is -3.71. The summed E-state index contributed by atoms with van der Waals surface area (Å²) in [5.74, 6) is 0.0391. The van der Waals surface area contributed by atoms with Crippen LogP contribution in [0, 0.1) is 0 Å². The number of rotatable bonds is 6. The van der Waals surface area contributed by atoms with E-state index in [1.165, 1.54) is 6.07 Å². The molecule has 0 aliphatic heterocycles. The van der Waals surface area contributed by atoms with E-state index in [2.05, 4.69) is 9.97 Å². The lowest BCUT2D eigenvalue weighted by Gasteiger charge is -2.13. The minimum atomic E-state index is -0.291. The van der Waals surface area contributed by atoms with Crippen molar-refractivity contribution in [1.82, 2.24) is 19.4 Å². The molecule has 0 saturated heterocycles. The zero-order valence-electron chi connectivity index (χ0n) is 16.8. The number of aromatic amines is 1. The standard InChI is InChI=1S/C23H22N4O3/c1-26(2)11-12-27-14-15(21(29)17-8-4-6-10-20(17)28)13-19(27)22-24-18-9-5-3-7-16(18)23(30)25-22/h3-10,13-14,28H,11-12H2,1-2H3,(H,24,25,30). The highest BCUT2D eigenvalue weighted by Gasteiger charge is 2.19. The predicted octanol–water partition coefficient (Wildman–Crippen LogP) is 2.89. The number of aromatic nitrogens is 3. The lowest BCUT2D eigenvalue weighted by molar-refractivity contribution is 0.103. The van der Waals surface area contributed by atoms with Crippen molar-refractivity contribution in [2.75, 3.05) is 20.6 Å². The Morgan fingerprint density at radius 3 is 2.63 bits per heavy atom. The fourth-order valence-electron chi connectivity index (χ4n) is 3.36. The molecule has 0 saturated carbocycles. The van der Waals surface area contributed by atoms with E-state index < -0.39 is 0 Å². The third-order valence-electron chi connectivity index (χ3n) is 4.95. The molecule has 0 spiro atoms. The Labute approximate surface area is 173 Å². The van der Waals surface area contributed by atoms with Gasteiger partial charge in [0.25, 0.3) is 5.56 Å². The SMILES string of the molecule is CN(C)CCn1cc(C(=O)c2ccccc2O)cc1-c1nc2ccccc2c(=O)[nH]1. The van der Waals surface area contributed by atoms with Gasteiger partial charge < -0.3 is 19.6 Å². The largest absolute Gasteiger partial charge is 0.507 e. The van der Waals surface area contributed by atoms with E-state index >= 15 is 0 Å². The highest BCUT2D eigenvalue weighted by atomic mass is 16.3. The van der Waals surface area contributed by atoms with Gasteiger partial charge >= 0.3 is 0 Å². The summed E-state index contributed by atoms with van der Waals surface area (Å²) in [6, 6.07) is 15.3. The third kappa shape index (κ3) is 3.75. The third-order valence-corrected chi connectivity index (χ3v) is 4.95. The van der Waals surface area contributed by atoms with E-state index in [-0.39, 0.29) is 22.7 Å². The van der Waals surface area contributed by atoms with E-state index in [4.69, 9.17) is 0 Å². The van der Waals surface area contributed by atoms with Crippen molar-refractivity contribution in [2.45, 2.75) is 6.54 Å². The maximum atomic E-state index is 13.0. The molecule has 2 aromatic carbocycles. The van der Waals surface area contributed by atoms with Gasteiger partial charge in [-0.3, -0.25) is 9.59 Å². The van der Waals surface area contributed by atoms with Crippen molar-refractivity contribution in [2.24, 2.45) is 0 Å². The average Bonchev–Trinajstić information content (AvgIpc) is 3.16. The molecule has 2 aromatic heterocycles. The van der Waals surface area contributed by atoms with Crippen LogP contribution in [0.15, 0.2) is 65.6 Å². The molecule has 152 valence electrons. The summed E-state index contributed by atoms with van der Waals surface area (Å²) in [4.78, 5) is 35.0. The first-order valence-corrected chi connectivity index (χ1v) is 9.61. The molecular formula is C23H22N4O3. The van der Waals surface area contributed by atoms with E-state index in [0.717, 1.165) is 6.54 Å². The van der Waals surface area contributed by atoms with Crippen LogP contribution in [0.3, 0.4) is 0 Å². The van der Waals surface area contributed by atoms with Crippen molar-refractivity contribution in [3.8, 4) is 17.3 Å². The van der Waals surface area contributed by atoms with Crippen molar-refractivity contribution in [3.05, 3.63) is 82.3 Å². The monoisotopic (exact) mass is 402 g/mol. The van der Waals surface area contributed by atoms with Gasteiger partial charge in [0.2, 0.25) is 0 Å². The number of nitrogens with one attached hydrogen (secondary N) is 1. The number of hydrogen-bond donors (Lipinski definition) is 2. The highest BCUT2D eigenvalue weighted by Crippen LogP contribution is 2.25. The van der Waals surface area contributed by atoms with E-state index in [0.29, 0.717) is 34.5 Å². The molecule has 7 nitrogen and oxygen atoms in total. The maximum Gasteiger partial charge on any atom is 0.259 e. The molecule has 2 heterocycles. The van der Waals surface area contributed by atoms with Crippen molar-refractivity contribution >= 4 is 16.7 Å². The van der Waals surface area contributed by atoms with Gasteiger partial charge in [0.05, 0.1) is 22.2 Å². The number of nitrogens with zero attached hydrogens (tertiary/aromatic N) is 3. The van der Waals surface area contributed by atoms with Gasteiger partial charge in [-0.05, 0) is 44.4 Å². The quantitative estimate of drug-likeness (QED) is 0.484. The highest BCUT2D eigenvalue weighted by molar-refractivity contribution is 6.11. The minimum Gasteiger partial charge on any atom is -0.507 e. The van der Waals surface area contributed by atoms with E-state index in [9.17, 15) is 14.7 Å². The number of likely N-dealkylation sites (N-methyl/N-ethyl adjacent to an activating group) is 1. The number of fused-ring (bicyclic) bond motifs is 1. The first-order chi connectivity index (χ1) is 14.4. The topological polar surface area (TPSA) is 91.2 Å². The van der Waals surface area contributed by atoms with Crippen LogP contribution in [-0.2, 0) is 6.54 Å². The molecular weight excluding hydrogens is 380 g/mol. The number of phenols is 1. The first-order valence-electron chi connectivity index (χ1n) is 9.61. The van der Waals surface area contributed by atoms with Crippen molar-refractivity contribution in [3.63, 3.8) is 0 Å². The van der Waals surface area contributed by atoms with Crippen LogP contribution in [0.5, 0.6) is 5.75 Å². The summed E-state index contributed by atoms with van der Waals surface area (Å²) < 4.78 is 1.90. The second kappa shape index (κ2) is 7.96. The van der Waals surface area contributed by atoms with Gasteiger partial charge in [0.1, 0.15) is 5.75 Å². The first kappa shape index (κ1) is 19.6. The summed E-state index contributed by atoms with van der Waals surface area (Å²) >= 11 is 0. The van der Waals surface area contributed by atoms with Gasteiger partial charge in [-0.2, -0.15) is 0 Å². The average molecular weight is 402 g/mol. The molecule has 4 aromatic rings. The second-order valence-corrected chi connectivity index (χ2v) is 7.39. The van der Waals surface area contributed by atoms with E-state index in [1.807, 2.05) is 29.6 Å². The Kier molecular flexibility index (Phi) is 5.20. The Balaban J connectivity index is 1.83. The minimum absolute atomic E-state index is 0.0673. The Bertz CT molecular complexity index is 1290. The fourth-order valence-corrected chi connectivity index (χ4v) is 3.36. The molecule has 0 fully saturated rings. The molecule has 0 unspecified atom stereocenters. The van der Waals surface area contributed by atoms with Gasteiger partial charge in [0.15, 0.2) is 11.6 Å².